The van der Waals surface area contributed by atoms with E-state index in [0.717, 1.165) is 5.56 Å². The Balaban J connectivity index is 1.66. The third kappa shape index (κ3) is 5.76. The van der Waals surface area contributed by atoms with Gasteiger partial charge in [-0.25, -0.2) is 0 Å². The molecule has 0 aliphatic carbocycles. The van der Waals surface area contributed by atoms with Crippen molar-refractivity contribution in [2.45, 2.75) is 20.3 Å². The highest BCUT2D eigenvalue weighted by Crippen LogP contribution is 2.07. The van der Waals surface area contributed by atoms with E-state index in [1.807, 2.05) is 19.1 Å². The second kappa shape index (κ2) is 8.62. The largest absolute Gasteiger partial charge is 0.456 e. The second-order valence-corrected chi connectivity index (χ2v) is 5.35. The van der Waals surface area contributed by atoms with Crippen LogP contribution in [-0.2, 0) is 14.3 Å². The fraction of sp³-hybridized carbons (Fsp3) is 0.294. The number of nitrogens with one attached hydrogen (secondary N) is 2. The first-order chi connectivity index (χ1) is 12.0. The minimum absolute atomic E-state index is 0.0338. The van der Waals surface area contributed by atoms with Crippen molar-refractivity contribution in [3.8, 4) is 0 Å². The standard InChI is InChI=1S/C17H19N3O5/c1-11-5-3-4-6-13(11)17(23)18-8-7-16(22)24-10-15(21)19-14-9-12(2)25-20-14/h3-6,9H,7-8,10H2,1-2H3,(H,18,23)(H,19,20,21). The topological polar surface area (TPSA) is 111 Å². The molecule has 2 aromatic rings. The van der Waals surface area contributed by atoms with Crippen molar-refractivity contribution in [3.63, 3.8) is 0 Å². The Bertz CT molecular complexity index is 769. The molecule has 0 bridgehead atoms. The monoisotopic (exact) mass is 345 g/mol. The summed E-state index contributed by atoms with van der Waals surface area (Å²) >= 11 is 0. The number of ether oxygens (including phenoxy) is 1. The third-order valence-corrected chi connectivity index (χ3v) is 3.26. The van der Waals surface area contributed by atoms with Gasteiger partial charge in [0.25, 0.3) is 11.8 Å². The Labute approximate surface area is 144 Å². The van der Waals surface area contributed by atoms with Gasteiger partial charge in [0.05, 0.1) is 6.42 Å². The van der Waals surface area contributed by atoms with Gasteiger partial charge < -0.3 is 19.9 Å². The van der Waals surface area contributed by atoms with Gasteiger partial charge in [-0.1, -0.05) is 23.4 Å². The average molecular weight is 345 g/mol. The normalized spacial score (nSPS) is 10.2. The molecule has 0 spiro atoms. The molecule has 0 atom stereocenters. The minimum Gasteiger partial charge on any atom is -0.456 e. The zero-order valence-corrected chi connectivity index (χ0v) is 14.0. The van der Waals surface area contributed by atoms with Crippen LogP contribution in [0.3, 0.4) is 0 Å². The van der Waals surface area contributed by atoms with Crippen LogP contribution in [0, 0.1) is 13.8 Å². The third-order valence-electron chi connectivity index (χ3n) is 3.26. The fourth-order valence-corrected chi connectivity index (χ4v) is 2.02. The zero-order chi connectivity index (χ0) is 18.2. The van der Waals surface area contributed by atoms with Crippen molar-refractivity contribution < 1.29 is 23.6 Å². The number of hydrogen-bond donors (Lipinski definition) is 2. The van der Waals surface area contributed by atoms with Crippen molar-refractivity contribution in [3.05, 3.63) is 47.2 Å². The predicted octanol–water partition coefficient (Wildman–Crippen LogP) is 1.59. The SMILES string of the molecule is Cc1cc(NC(=O)COC(=O)CCNC(=O)c2ccccc2C)no1. The smallest absolute Gasteiger partial charge is 0.308 e. The molecule has 0 aliphatic heterocycles. The molecule has 8 heteroatoms. The second-order valence-electron chi connectivity index (χ2n) is 5.35. The quantitative estimate of drug-likeness (QED) is 0.737. The van der Waals surface area contributed by atoms with E-state index in [4.69, 9.17) is 9.26 Å². The molecule has 2 amide bonds. The van der Waals surface area contributed by atoms with Crippen LogP contribution in [0.25, 0.3) is 0 Å². The molecule has 1 aromatic carbocycles. The number of anilines is 1. The van der Waals surface area contributed by atoms with E-state index in [-0.39, 0.29) is 24.7 Å². The van der Waals surface area contributed by atoms with E-state index < -0.39 is 18.5 Å². The molecule has 0 unspecified atom stereocenters. The first-order valence-corrected chi connectivity index (χ1v) is 7.68. The van der Waals surface area contributed by atoms with Crippen LogP contribution in [0.2, 0.25) is 0 Å². The summed E-state index contributed by atoms with van der Waals surface area (Å²) in [4.78, 5) is 35.2. The number of esters is 1. The van der Waals surface area contributed by atoms with Crippen molar-refractivity contribution >= 4 is 23.6 Å². The lowest BCUT2D eigenvalue weighted by molar-refractivity contribution is -0.147. The Morgan fingerprint density at radius 3 is 2.64 bits per heavy atom. The Morgan fingerprint density at radius 1 is 1.20 bits per heavy atom. The van der Waals surface area contributed by atoms with Crippen molar-refractivity contribution in [2.24, 2.45) is 0 Å². The number of nitrogens with zero attached hydrogens (tertiary/aromatic N) is 1. The summed E-state index contributed by atoms with van der Waals surface area (Å²) in [5.74, 6) is -0.562. The van der Waals surface area contributed by atoms with Crippen LogP contribution in [0.4, 0.5) is 5.82 Å². The number of hydrogen-bond acceptors (Lipinski definition) is 6. The molecule has 0 radical (unpaired) electrons. The average Bonchev–Trinajstić information content (AvgIpc) is 2.98. The first-order valence-electron chi connectivity index (χ1n) is 7.68. The maximum absolute atomic E-state index is 12.0. The zero-order valence-electron chi connectivity index (χ0n) is 14.0. The van der Waals surface area contributed by atoms with Crippen LogP contribution in [-0.4, -0.2) is 36.1 Å². The molecule has 0 fully saturated rings. The Hall–Kier alpha value is -3.16. The van der Waals surface area contributed by atoms with Gasteiger partial charge in [-0.3, -0.25) is 14.4 Å². The summed E-state index contributed by atoms with van der Waals surface area (Å²) in [6, 6.07) is 8.69. The number of rotatable bonds is 7. The molecule has 0 saturated heterocycles. The highest BCUT2D eigenvalue weighted by molar-refractivity contribution is 5.95. The van der Waals surface area contributed by atoms with Crippen LogP contribution in [0.5, 0.6) is 0 Å². The van der Waals surface area contributed by atoms with Gasteiger partial charge in [-0.15, -0.1) is 0 Å². The molecule has 8 nitrogen and oxygen atoms in total. The molecular formula is C17H19N3O5. The molecule has 2 N–H and O–H groups in total. The summed E-state index contributed by atoms with van der Waals surface area (Å²) in [5.41, 5.74) is 1.40. The highest BCUT2D eigenvalue weighted by atomic mass is 16.5. The Kier molecular flexibility index (Phi) is 6.27. The van der Waals surface area contributed by atoms with Gasteiger partial charge >= 0.3 is 5.97 Å². The number of carbonyl (C=O) groups excluding carboxylic acids is 3. The van der Waals surface area contributed by atoms with Gasteiger partial charge in [0.15, 0.2) is 12.4 Å². The molecule has 1 aromatic heterocycles. The lowest BCUT2D eigenvalue weighted by Crippen LogP contribution is -2.28. The molecule has 25 heavy (non-hydrogen) atoms. The van der Waals surface area contributed by atoms with Crippen LogP contribution in [0.1, 0.15) is 28.1 Å². The van der Waals surface area contributed by atoms with E-state index in [2.05, 4.69) is 15.8 Å². The van der Waals surface area contributed by atoms with E-state index in [9.17, 15) is 14.4 Å². The van der Waals surface area contributed by atoms with Crippen LogP contribution >= 0.6 is 0 Å². The molecular weight excluding hydrogens is 326 g/mol. The van der Waals surface area contributed by atoms with E-state index in [0.29, 0.717) is 11.3 Å². The summed E-state index contributed by atoms with van der Waals surface area (Å²) in [7, 11) is 0. The predicted molar refractivity (Wildman–Crippen MR) is 89.0 cm³/mol. The molecule has 0 saturated carbocycles. The van der Waals surface area contributed by atoms with Crippen molar-refractivity contribution in [1.82, 2.24) is 10.5 Å². The molecule has 2 rings (SSSR count). The first kappa shape index (κ1) is 18.2. The van der Waals surface area contributed by atoms with Crippen molar-refractivity contribution in [2.75, 3.05) is 18.5 Å². The molecule has 1 heterocycles. The van der Waals surface area contributed by atoms with Gasteiger partial charge in [0.1, 0.15) is 5.76 Å². The van der Waals surface area contributed by atoms with Gasteiger partial charge in [-0.2, -0.15) is 0 Å². The van der Waals surface area contributed by atoms with Crippen LogP contribution in [0.15, 0.2) is 34.9 Å². The van der Waals surface area contributed by atoms with Gasteiger partial charge in [0, 0.05) is 18.2 Å². The van der Waals surface area contributed by atoms with Crippen molar-refractivity contribution in [1.29, 1.82) is 0 Å². The van der Waals surface area contributed by atoms with Crippen LogP contribution < -0.4 is 10.6 Å². The fourth-order valence-electron chi connectivity index (χ4n) is 2.02. The number of carbonyl (C=O) groups is 3. The highest BCUT2D eigenvalue weighted by Gasteiger charge is 2.11. The lowest BCUT2D eigenvalue weighted by atomic mass is 10.1. The maximum atomic E-state index is 12.0. The lowest BCUT2D eigenvalue weighted by Gasteiger charge is -2.07. The summed E-state index contributed by atoms with van der Waals surface area (Å²) < 4.78 is 9.63. The minimum atomic E-state index is -0.587. The molecule has 0 aliphatic rings. The summed E-state index contributed by atoms with van der Waals surface area (Å²) in [6.45, 7) is 3.21. The van der Waals surface area contributed by atoms with Gasteiger partial charge in [-0.05, 0) is 25.5 Å². The Morgan fingerprint density at radius 2 is 1.96 bits per heavy atom. The van der Waals surface area contributed by atoms with Gasteiger partial charge in [0.2, 0.25) is 0 Å². The molecule has 132 valence electrons. The summed E-state index contributed by atoms with van der Waals surface area (Å²) in [5, 5.41) is 8.66. The summed E-state index contributed by atoms with van der Waals surface area (Å²) in [6.07, 6.45) is -0.0338. The number of aromatic nitrogens is 1. The number of benzene rings is 1. The number of aryl methyl sites for hydroxylation is 2. The van der Waals surface area contributed by atoms with E-state index in [1.54, 1.807) is 25.1 Å². The van der Waals surface area contributed by atoms with E-state index in [1.165, 1.54) is 0 Å². The maximum Gasteiger partial charge on any atom is 0.308 e. The number of amides is 2. The van der Waals surface area contributed by atoms with E-state index >= 15 is 0 Å².